The molecular formula is C15H24N2O2. The number of carbonyl (C=O) groups is 1. The van der Waals surface area contributed by atoms with Crippen molar-refractivity contribution in [1.29, 1.82) is 0 Å². The summed E-state index contributed by atoms with van der Waals surface area (Å²) in [6, 6.07) is 5.57. The largest absolute Gasteiger partial charge is 0.478 e. The number of aryl methyl sites for hydroxylation is 1. The van der Waals surface area contributed by atoms with E-state index in [-0.39, 0.29) is 6.04 Å². The van der Waals surface area contributed by atoms with Crippen molar-refractivity contribution >= 4 is 11.7 Å². The molecule has 0 saturated carbocycles. The van der Waals surface area contributed by atoms with Crippen molar-refractivity contribution in [2.45, 2.75) is 26.8 Å². The van der Waals surface area contributed by atoms with Gasteiger partial charge in [-0.05, 0) is 38.6 Å². The summed E-state index contributed by atoms with van der Waals surface area (Å²) in [5.74, 6) is -0.470. The van der Waals surface area contributed by atoms with E-state index in [9.17, 15) is 9.90 Å². The zero-order valence-electron chi connectivity index (χ0n) is 12.4. The highest BCUT2D eigenvalue weighted by atomic mass is 16.4. The van der Waals surface area contributed by atoms with Gasteiger partial charge in [-0.1, -0.05) is 26.0 Å². The van der Waals surface area contributed by atoms with Crippen LogP contribution in [0.2, 0.25) is 0 Å². The second-order valence-electron chi connectivity index (χ2n) is 5.56. The lowest BCUT2D eigenvalue weighted by Crippen LogP contribution is -2.37. The Kier molecular flexibility index (Phi) is 5.36. The van der Waals surface area contributed by atoms with Crippen LogP contribution in [0.25, 0.3) is 0 Å². The van der Waals surface area contributed by atoms with Crippen LogP contribution in [-0.2, 0) is 0 Å². The van der Waals surface area contributed by atoms with Gasteiger partial charge in [-0.3, -0.25) is 0 Å². The minimum absolute atomic E-state index is 0.217. The van der Waals surface area contributed by atoms with Gasteiger partial charge < -0.3 is 15.3 Å². The van der Waals surface area contributed by atoms with Gasteiger partial charge >= 0.3 is 5.97 Å². The van der Waals surface area contributed by atoms with Crippen LogP contribution in [0.15, 0.2) is 18.2 Å². The number of hydrogen-bond donors (Lipinski definition) is 2. The van der Waals surface area contributed by atoms with Gasteiger partial charge in [-0.15, -0.1) is 0 Å². The molecule has 19 heavy (non-hydrogen) atoms. The second kappa shape index (κ2) is 6.57. The van der Waals surface area contributed by atoms with Gasteiger partial charge in [0.15, 0.2) is 0 Å². The summed E-state index contributed by atoms with van der Waals surface area (Å²) in [5.41, 5.74) is 2.03. The molecule has 4 heteroatoms. The lowest BCUT2D eigenvalue weighted by atomic mass is 10.0. The van der Waals surface area contributed by atoms with E-state index in [4.69, 9.17) is 0 Å². The number of nitrogens with one attached hydrogen (secondary N) is 1. The molecule has 0 heterocycles. The third-order valence-electron chi connectivity index (χ3n) is 3.20. The first-order valence-electron chi connectivity index (χ1n) is 6.57. The SMILES string of the molecule is Cc1cccc(C(=O)O)c1NC(CN(C)C)C(C)C. The topological polar surface area (TPSA) is 52.6 Å². The standard InChI is InChI=1S/C15H24N2O2/c1-10(2)13(9-17(4)5)16-14-11(3)7-6-8-12(14)15(18)19/h6-8,10,13,16H,9H2,1-5H3,(H,18,19). The van der Waals surface area contributed by atoms with E-state index in [1.54, 1.807) is 12.1 Å². The van der Waals surface area contributed by atoms with E-state index in [1.807, 2.05) is 27.1 Å². The van der Waals surface area contributed by atoms with Crippen molar-refractivity contribution in [3.63, 3.8) is 0 Å². The van der Waals surface area contributed by atoms with Crippen molar-refractivity contribution in [2.75, 3.05) is 26.0 Å². The third kappa shape index (κ3) is 4.24. The molecule has 4 nitrogen and oxygen atoms in total. The molecule has 0 saturated heterocycles. The van der Waals surface area contributed by atoms with Crippen LogP contribution in [0, 0.1) is 12.8 Å². The predicted octanol–water partition coefficient (Wildman–Crippen LogP) is 2.69. The molecule has 2 N–H and O–H groups in total. The highest BCUT2D eigenvalue weighted by molar-refractivity contribution is 5.95. The monoisotopic (exact) mass is 264 g/mol. The van der Waals surface area contributed by atoms with E-state index in [0.29, 0.717) is 11.5 Å². The third-order valence-corrected chi connectivity index (χ3v) is 3.20. The van der Waals surface area contributed by atoms with Gasteiger partial charge in [-0.25, -0.2) is 4.79 Å². The Bertz CT molecular complexity index is 442. The lowest BCUT2D eigenvalue weighted by Gasteiger charge is -2.28. The quantitative estimate of drug-likeness (QED) is 0.829. The molecule has 0 amide bonds. The normalized spacial score (nSPS) is 12.8. The first-order valence-corrected chi connectivity index (χ1v) is 6.57. The van der Waals surface area contributed by atoms with E-state index in [2.05, 4.69) is 24.1 Å². The summed E-state index contributed by atoms with van der Waals surface area (Å²) in [7, 11) is 4.04. The number of rotatable bonds is 6. The molecule has 0 radical (unpaired) electrons. The zero-order valence-corrected chi connectivity index (χ0v) is 12.4. The molecule has 1 aromatic carbocycles. The molecule has 0 spiro atoms. The van der Waals surface area contributed by atoms with Gasteiger partial charge in [0.1, 0.15) is 0 Å². The molecule has 1 rings (SSSR count). The Balaban J connectivity index is 3.05. The van der Waals surface area contributed by atoms with Crippen LogP contribution >= 0.6 is 0 Å². The van der Waals surface area contributed by atoms with Crippen molar-refractivity contribution in [3.05, 3.63) is 29.3 Å². The molecule has 0 aliphatic carbocycles. The summed E-state index contributed by atoms with van der Waals surface area (Å²) in [6.07, 6.45) is 0. The van der Waals surface area contributed by atoms with E-state index >= 15 is 0 Å². The maximum atomic E-state index is 11.3. The summed E-state index contributed by atoms with van der Waals surface area (Å²) in [4.78, 5) is 13.4. The predicted molar refractivity (Wildman–Crippen MR) is 78.9 cm³/mol. The van der Waals surface area contributed by atoms with Crippen molar-refractivity contribution in [2.24, 2.45) is 5.92 Å². The average Bonchev–Trinajstić information content (AvgIpc) is 2.29. The van der Waals surface area contributed by atoms with Gasteiger partial charge in [0, 0.05) is 12.6 Å². The van der Waals surface area contributed by atoms with Gasteiger partial charge in [-0.2, -0.15) is 0 Å². The number of aromatic carboxylic acids is 1. The number of carboxylic acid groups (broad SMARTS) is 1. The molecule has 0 aliphatic heterocycles. The van der Waals surface area contributed by atoms with Crippen LogP contribution in [-0.4, -0.2) is 42.7 Å². The summed E-state index contributed by atoms with van der Waals surface area (Å²) in [5, 5.41) is 12.7. The highest BCUT2D eigenvalue weighted by Crippen LogP contribution is 2.23. The van der Waals surface area contributed by atoms with Crippen molar-refractivity contribution in [3.8, 4) is 0 Å². The smallest absolute Gasteiger partial charge is 0.337 e. The Morgan fingerprint density at radius 3 is 2.47 bits per heavy atom. The summed E-state index contributed by atoms with van der Waals surface area (Å²) >= 11 is 0. The fourth-order valence-corrected chi connectivity index (χ4v) is 2.04. The fraction of sp³-hybridized carbons (Fsp3) is 0.533. The van der Waals surface area contributed by atoms with Gasteiger partial charge in [0.2, 0.25) is 0 Å². The molecule has 0 aromatic heterocycles. The van der Waals surface area contributed by atoms with Crippen LogP contribution in [0.5, 0.6) is 0 Å². The van der Waals surface area contributed by atoms with Crippen molar-refractivity contribution < 1.29 is 9.90 Å². The number of nitrogens with zero attached hydrogens (tertiary/aromatic N) is 1. The highest BCUT2D eigenvalue weighted by Gasteiger charge is 2.19. The minimum atomic E-state index is -0.890. The number of benzene rings is 1. The van der Waals surface area contributed by atoms with Crippen molar-refractivity contribution in [1.82, 2.24) is 4.90 Å². The number of carboxylic acids is 1. The molecule has 0 bridgehead atoms. The van der Waals surface area contributed by atoms with Crippen LogP contribution in [0.4, 0.5) is 5.69 Å². The Morgan fingerprint density at radius 1 is 1.37 bits per heavy atom. The molecular weight excluding hydrogens is 240 g/mol. The number of para-hydroxylation sites is 1. The lowest BCUT2D eigenvalue weighted by molar-refractivity contribution is 0.0697. The molecule has 106 valence electrons. The van der Waals surface area contributed by atoms with E-state index in [1.165, 1.54) is 0 Å². The molecule has 0 fully saturated rings. The van der Waals surface area contributed by atoms with Gasteiger partial charge in [0.25, 0.3) is 0 Å². The van der Waals surface area contributed by atoms with Crippen LogP contribution < -0.4 is 5.32 Å². The van der Waals surface area contributed by atoms with Crippen LogP contribution in [0.3, 0.4) is 0 Å². The van der Waals surface area contributed by atoms with E-state index in [0.717, 1.165) is 17.8 Å². The summed E-state index contributed by atoms with van der Waals surface area (Å²) in [6.45, 7) is 7.08. The fourth-order valence-electron chi connectivity index (χ4n) is 2.04. The number of likely N-dealkylation sites (N-methyl/N-ethyl adjacent to an activating group) is 1. The average molecular weight is 264 g/mol. The molecule has 1 unspecified atom stereocenters. The van der Waals surface area contributed by atoms with Gasteiger partial charge in [0.05, 0.1) is 11.3 Å². The Hall–Kier alpha value is -1.55. The Morgan fingerprint density at radius 2 is 2.00 bits per heavy atom. The summed E-state index contributed by atoms with van der Waals surface area (Å²) < 4.78 is 0. The maximum absolute atomic E-state index is 11.3. The number of anilines is 1. The second-order valence-corrected chi connectivity index (χ2v) is 5.56. The van der Waals surface area contributed by atoms with Crippen LogP contribution in [0.1, 0.15) is 29.8 Å². The minimum Gasteiger partial charge on any atom is -0.478 e. The number of hydrogen-bond acceptors (Lipinski definition) is 3. The molecule has 0 aliphatic rings. The first-order chi connectivity index (χ1) is 8.82. The maximum Gasteiger partial charge on any atom is 0.337 e. The first kappa shape index (κ1) is 15.5. The Labute approximate surface area is 115 Å². The zero-order chi connectivity index (χ0) is 14.6. The van der Waals surface area contributed by atoms with E-state index < -0.39 is 5.97 Å². The molecule has 1 aromatic rings. The molecule has 1 atom stereocenters.